The Morgan fingerprint density at radius 2 is 0.850 bits per heavy atom. The van der Waals surface area contributed by atoms with Crippen molar-refractivity contribution in [2.24, 2.45) is 11.8 Å². The van der Waals surface area contributed by atoms with Crippen molar-refractivity contribution in [2.45, 2.75) is 78.2 Å². The zero-order chi connectivity index (χ0) is 27.9. The number of benzene rings is 4. The lowest BCUT2D eigenvalue weighted by molar-refractivity contribution is -0.0123. The summed E-state index contributed by atoms with van der Waals surface area (Å²) in [7, 11) is 0. The van der Waals surface area contributed by atoms with Crippen molar-refractivity contribution < 1.29 is 4.74 Å². The van der Waals surface area contributed by atoms with Gasteiger partial charge in [0.05, 0.1) is 6.10 Å². The lowest BCUT2D eigenvalue weighted by Gasteiger charge is -2.27. The van der Waals surface area contributed by atoms with E-state index in [0.717, 1.165) is 24.9 Å². The highest BCUT2D eigenvalue weighted by molar-refractivity contribution is 5.65. The van der Waals surface area contributed by atoms with Crippen LogP contribution in [0.2, 0.25) is 0 Å². The standard InChI is InChI=1S/C20H24.C19H22O/c1-15-3-7-17(8-4-15)19-11-13-20(14-12-19)18-9-5-16(2)6-10-18;1-14-3-6-16(7-4-14)17-8-10-18(11-9-17)19-12-5-15(2)13-20-19/h3-4,7-8,11-14,16,18H,5-6,9-10H2,1-2H3;3-4,6-11,15,19H,5,12-13H2,1-2H3/t;15-,19?/m.1/s1. The first-order valence-electron chi connectivity index (χ1n) is 15.4. The van der Waals surface area contributed by atoms with Gasteiger partial charge in [-0.1, -0.05) is 135 Å². The number of aryl methyl sites for hydroxylation is 2. The molecule has 0 amide bonds. The van der Waals surface area contributed by atoms with Crippen LogP contribution >= 0.6 is 0 Å². The second-order valence-corrected chi connectivity index (χ2v) is 12.4. The molecule has 1 aliphatic carbocycles. The maximum absolute atomic E-state index is 5.94. The molecule has 40 heavy (non-hydrogen) atoms. The van der Waals surface area contributed by atoms with Gasteiger partial charge in [-0.25, -0.2) is 0 Å². The lowest BCUT2D eigenvalue weighted by Crippen LogP contribution is -2.18. The van der Waals surface area contributed by atoms with Crippen LogP contribution in [0.1, 0.15) is 86.6 Å². The van der Waals surface area contributed by atoms with Crippen molar-refractivity contribution in [1.82, 2.24) is 0 Å². The molecule has 1 heterocycles. The summed E-state index contributed by atoms with van der Waals surface area (Å²) < 4.78 is 5.94. The van der Waals surface area contributed by atoms with Gasteiger partial charge in [0.15, 0.2) is 0 Å². The molecule has 1 nitrogen and oxygen atoms in total. The SMILES string of the molecule is Cc1ccc(-c2ccc(C3CCC(C)CC3)cc2)cc1.Cc1ccc(-c2ccc(C3CC[C@@H](C)CO3)cc2)cc1. The van der Waals surface area contributed by atoms with Crippen molar-refractivity contribution >= 4 is 0 Å². The summed E-state index contributed by atoms with van der Waals surface area (Å²) in [6.07, 6.45) is 8.22. The average Bonchev–Trinajstić information content (AvgIpc) is 2.99. The van der Waals surface area contributed by atoms with Gasteiger partial charge in [-0.3, -0.25) is 0 Å². The Morgan fingerprint density at radius 1 is 0.450 bits per heavy atom. The van der Waals surface area contributed by atoms with Gasteiger partial charge in [0, 0.05) is 6.61 Å². The van der Waals surface area contributed by atoms with Gasteiger partial charge in [-0.2, -0.15) is 0 Å². The summed E-state index contributed by atoms with van der Waals surface area (Å²) in [4.78, 5) is 0. The number of rotatable bonds is 4. The molecule has 6 rings (SSSR count). The predicted molar refractivity (Wildman–Crippen MR) is 171 cm³/mol. The van der Waals surface area contributed by atoms with Crippen molar-refractivity contribution in [2.75, 3.05) is 6.61 Å². The van der Waals surface area contributed by atoms with Gasteiger partial charge in [-0.15, -0.1) is 0 Å². The highest BCUT2D eigenvalue weighted by Crippen LogP contribution is 2.36. The van der Waals surface area contributed by atoms with Gasteiger partial charge < -0.3 is 4.74 Å². The fourth-order valence-electron chi connectivity index (χ4n) is 6.07. The molecule has 2 atom stereocenters. The molecule has 1 aliphatic heterocycles. The van der Waals surface area contributed by atoms with Gasteiger partial charge in [-0.05, 0) is 90.7 Å². The highest BCUT2D eigenvalue weighted by Gasteiger charge is 2.20. The second kappa shape index (κ2) is 13.5. The molecule has 1 unspecified atom stereocenters. The Bertz CT molecular complexity index is 1190. The topological polar surface area (TPSA) is 9.23 Å². The molecule has 2 aliphatic rings. The van der Waals surface area contributed by atoms with E-state index in [1.165, 1.54) is 76.6 Å². The third kappa shape index (κ3) is 7.52. The van der Waals surface area contributed by atoms with E-state index in [2.05, 4.69) is 125 Å². The molecule has 0 aromatic heterocycles. The first kappa shape index (κ1) is 28.4. The molecule has 4 aromatic rings. The first-order valence-corrected chi connectivity index (χ1v) is 15.4. The van der Waals surface area contributed by atoms with E-state index in [9.17, 15) is 0 Å². The van der Waals surface area contributed by atoms with E-state index in [1.54, 1.807) is 0 Å². The third-order valence-electron chi connectivity index (χ3n) is 8.95. The van der Waals surface area contributed by atoms with Crippen LogP contribution in [0, 0.1) is 25.7 Å². The van der Waals surface area contributed by atoms with E-state index in [-0.39, 0.29) is 0 Å². The van der Waals surface area contributed by atoms with E-state index < -0.39 is 0 Å². The maximum atomic E-state index is 5.94. The molecule has 0 N–H and O–H groups in total. The minimum Gasteiger partial charge on any atom is -0.373 e. The smallest absolute Gasteiger partial charge is 0.0825 e. The average molecular weight is 531 g/mol. The maximum Gasteiger partial charge on any atom is 0.0825 e. The molecular weight excluding hydrogens is 484 g/mol. The first-order chi connectivity index (χ1) is 19.4. The molecule has 1 heteroatoms. The van der Waals surface area contributed by atoms with Gasteiger partial charge in [0.1, 0.15) is 0 Å². The quantitative estimate of drug-likeness (QED) is 0.255. The van der Waals surface area contributed by atoms with Crippen molar-refractivity contribution in [3.05, 3.63) is 119 Å². The predicted octanol–water partition coefficient (Wildman–Crippen LogP) is 11.1. The van der Waals surface area contributed by atoms with Gasteiger partial charge in [0.2, 0.25) is 0 Å². The molecule has 0 radical (unpaired) electrons. The summed E-state index contributed by atoms with van der Waals surface area (Å²) in [6, 6.07) is 35.6. The monoisotopic (exact) mass is 530 g/mol. The van der Waals surface area contributed by atoms with E-state index >= 15 is 0 Å². The normalized spacial score (nSPS) is 22.7. The minimum absolute atomic E-state index is 0.290. The van der Waals surface area contributed by atoms with Crippen LogP contribution in [0.5, 0.6) is 0 Å². The Morgan fingerprint density at radius 3 is 1.27 bits per heavy atom. The lowest BCUT2D eigenvalue weighted by atomic mass is 9.79. The number of hydrogen-bond acceptors (Lipinski definition) is 1. The van der Waals surface area contributed by atoms with Crippen LogP contribution in [-0.4, -0.2) is 6.61 Å². The number of hydrogen-bond donors (Lipinski definition) is 0. The Hall–Kier alpha value is -3.16. The van der Waals surface area contributed by atoms with Crippen molar-refractivity contribution in [3.63, 3.8) is 0 Å². The fraction of sp³-hybridized carbons (Fsp3) is 0.385. The zero-order valence-corrected chi connectivity index (χ0v) is 24.9. The molecule has 2 fully saturated rings. The molecule has 1 saturated carbocycles. The number of ether oxygens (including phenoxy) is 1. The van der Waals surface area contributed by atoms with E-state index in [4.69, 9.17) is 4.74 Å². The van der Waals surface area contributed by atoms with E-state index in [1.807, 2.05) is 0 Å². The molecule has 208 valence electrons. The summed E-state index contributed by atoms with van der Waals surface area (Å²) in [5.41, 5.74) is 10.7. The van der Waals surface area contributed by atoms with Crippen LogP contribution in [0.25, 0.3) is 22.3 Å². The summed E-state index contributed by atoms with van der Waals surface area (Å²) in [5.74, 6) is 2.43. The van der Waals surface area contributed by atoms with Crippen LogP contribution in [0.3, 0.4) is 0 Å². The van der Waals surface area contributed by atoms with Gasteiger partial charge in [0.25, 0.3) is 0 Å². The Labute approximate surface area is 242 Å². The minimum atomic E-state index is 0.290. The van der Waals surface area contributed by atoms with Crippen molar-refractivity contribution in [3.8, 4) is 22.3 Å². The zero-order valence-electron chi connectivity index (χ0n) is 24.9. The van der Waals surface area contributed by atoms with Crippen LogP contribution in [0.15, 0.2) is 97.1 Å². The summed E-state index contributed by atoms with van der Waals surface area (Å²) in [6.45, 7) is 9.79. The molecule has 0 spiro atoms. The van der Waals surface area contributed by atoms with Gasteiger partial charge >= 0.3 is 0 Å². The second-order valence-electron chi connectivity index (χ2n) is 12.4. The molecule has 1 saturated heterocycles. The molecule has 4 aromatic carbocycles. The van der Waals surface area contributed by atoms with Crippen LogP contribution in [0.4, 0.5) is 0 Å². The van der Waals surface area contributed by atoms with Crippen LogP contribution in [-0.2, 0) is 4.74 Å². The highest BCUT2D eigenvalue weighted by atomic mass is 16.5. The summed E-state index contributed by atoms with van der Waals surface area (Å²) in [5, 5.41) is 0. The van der Waals surface area contributed by atoms with Crippen molar-refractivity contribution in [1.29, 1.82) is 0 Å². The van der Waals surface area contributed by atoms with E-state index in [0.29, 0.717) is 12.0 Å². The summed E-state index contributed by atoms with van der Waals surface area (Å²) >= 11 is 0. The Kier molecular flexibility index (Phi) is 9.55. The fourth-order valence-corrected chi connectivity index (χ4v) is 6.07. The Balaban J connectivity index is 0.000000161. The molecule has 0 bridgehead atoms. The largest absolute Gasteiger partial charge is 0.373 e. The third-order valence-corrected chi connectivity index (χ3v) is 8.95. The van der Waals surface area contributed by atoms with Crippen LogP contribution < -0.4 is 0 Å². The molecular formula is C39H46O.